The van der Waals surface area contributed by atoms with E-state index >= 15 is 0 Å². The molecule has 3 aromatic carbocycles. The molecular weight excluding hydrogens is 614 g/mol. The fourth-order valence-corrected chi connectivity index (χ4v) is 4.51. The lowest BCUT2D eigenvalue weighted by molar-refractivity contribution is -0.118. The number of benzene rings is 3. The predicted octanol–water partition coefficient (Wildman–Crippen LogP) is 6.83. The molecule has 0 saturated heterocycles. The molecule has 0 aromatic heterocycles. The third kappa shape index (κ3) is 7.85. The van der Waals surface area contributed by atoms with Crippen molar-refractivity contribution in [1.29, 1.82) is 5.26 Å². The summed E-state index contributed by atoms with van der Waals surface area (Å²) in [5.74, 6) is -0.0153. The summed E-state index contributed by atoms with van der Waals surface area (Å²) >= 11 is 12.7. The standard InChI is InChI=1S/C26H20Br2ClN3O4/c1-2-35-22-9-7-21(8-10-22)32-26(34)17(14-30)11-16-12-18(27)13-23(28)25(16)36-15-24(33)31-20-5-3-19(29)4-6-20/h3-13H,2,15H2,1H3,(H,31,33)(H,32,34)/b17-11+. The van der Waals surface area contributed by atoms with Crippen molar-refractivity contribution in [2.75, 3.05) is 23.8 Å². The van der Waals surface area contributed by atoms with Gasteiger partial charge in [-0.15, -0.1) is 0 Å². The number of amides is 2. The molecule has 3 aromatic rings. The summed E-state index contributed by atoms with van der Waals surface area (Å²) in [6.07, 6.45) is 1.39. The van der Waals surface area contributed by atoms with E-state index in [-0.39, 0.29) is 12.2 Å². The highest BCUT2D eigenvalue weighted by atomic mass is 79.9. The molecule has 0 heterocycles. The number of rotatable bonds is 9. The molecule has 0 spiro atoms. The molecule has 2 amide bonds. The summed E-state index contributed by atoms with van der Waals surface area (Å²) in [6, 6.07) is 18.8. The van der Waals surface area contributed by atoms with Crippen LogP contribution in [0.5, 0.6) is 11.5 Å². The first-order chi connectivity index (χ1) is 17.3. The minimum atomic E-state index is -0.593. The van der Waals surface area contributed by atoms with E-state index in [1.165, 1.54) is 6.08 Å². The van der Waals surface area contributed by atoms with Gasteiger partial charge in [0.05, 0.1) is 11.1 Å². The van der Waals surface area contributed by atoms with E-state index in [4.69, 9.17) is 21.1 Å². The zero-order valence-corrected chi connectivity index (χ0v) is 22.9. The van der Waals surface area contributed by atoms with Crippen molar-refractivity contribution in [1.82, 2.24) is 0 Å². The minimum absolute atomic E-state index is 0.149. The first-order valence-corrected chi connectivity index (χ1v) is 12.6. The second-order valence-electron chi connectivity index (χ2n) is 7.23. The van der Waals surface area contributed by atoms with Gasteiger partial charge in [-0.1, -0.05) is 27.5 Å². The molecule has 3 rings (SSSR count). The largest absolute Gasteiger partial charge is 0.494 e. The fourth-order valence-electron chi connectivity index (χ4n) is 3.01. The average molecular weight is 634 g/mol. The molecule has 0 unspecified atom stereocenters. The van der Waals surface area contributed by atoms with Crippen molar-refractivity contribution in [3.63, 3.8) is 0 Å². The number of nitrogens with zero attached hydrogens (tertiary/aromatic N) is 1. The summed E-state index contributed by atoms with van der Waals surface area (Å²) in [5.41, 5.74) is 1.36. The number of halogens is 3. The first-order valence-electron chi connectivity index (χ1n) is 10.6. The number of hydrogen-bond acceptors (Lipinski definition) is 5. The molecule has 7 nitrogen and oxygen atoms in total. The SMILES string of the molecule is CCOc1ccc(NC(=O)/C(C#N)=C/c2cc(Br)cc(Br)c2OCC(=O)Nc2ccc(Cl)cc2)cc1. The first kappa shape index (κ1) is 27.3. The molecule has 36 heavy (non-hydrogen) atoms. The van der Waals surface area contributed by atoms with E-state index in [1.54, 1.807) is 60.7 Å². The Morgan fingerprint density at radius 2 is 1.64 bits per heavy atom. The molecular formula is C26H20Br2ClN3O4. The monoisotopic (exact) mass is 631 g/mol. The highest BCUT2D eigenvalue weighted by molar-refractivity contribution is 9.11. The molecule has 0 bridgehead atoms. The highest BCUT2D eigenvalue weighted by Crippen LogP contribution is 2.34. The molecule has 184 valence electrons. The Morgan fingerprint density at radius 3 is 2.28 bits per heavy atom. The van der Waals surface area contributed by atoms with E-state index in [2.05, 4.69) is 42.5 Å². The van der Waals surface area contributed by atoms with Gasteiger partial charge in [0.2, 0.25) is 0 Å². The van der Waals surface area contributed by atoms with E-state index in [1.807, 2.05) is 13.0 Å². The van der Waals surface area contributed by atoms with Crippen LogP contribution in [0.3, 0.4) is 0 Å². The molecule has 0 atom stereocenters. The van der Waals surface area contributed by atoms with E-state index < -0.39 is 11.8 Å². The van der Waals surface area contributed by atoms with E-state index in [9.17, 15) is 14.9 Å². The lowest BCUT2D eigenvalue weighted by Gasteiger charge is -2.13. The number of ether oxygens (including phenoxy) is 2. The van der Waals surface area contributed by atoms with Crippen molar-refractivity contribution in [2.45, 2.75) is 6.92 Å². The van der Waals surface area contributed by atoms with Crippen LogP contribution >= 0.6 is 43.5 Å². The maximum absolute atomic E-state index is 12.8. The zero-order valence-electron chi connectivity index (χ0n) is 19.0. The number of nitrogens with one attached hydrogen (secondary N) is 2. The Labute approximate surface area is 230 Å². The number of hydrogen-bond donors (Lipinski definition) is 2. The van der Waals surface area contributed by atoms with Gasteiger partial charge in [-0.3, -0.25) is 9.59 Å². The maximum atomic E-state index is 12.8. The van der Waals surface area contributed by atoms with Gasteiger partial charge in [0.1, 0.15) is 23.1 Å². The molecule has 0 aliphatic carbocycles. The third-order valence-corrected chi connectivity index (χ3v) is 5.90. The van der Waals surface area contributed by atoms with Crippen LogP contribution in [-0.4, -0.2) is 25.0 Å². The average Bonchev–Trinajstić information content (AvgIpc) is 2.84. The van der Waals surface area contributed by atoms with Crippen molar-refractivity contribution < 1.29 is 19.1 Å². The van der Waals surface area contributed by atoms with Gasteiger partial charge >= 0.3 is 0 Å². The Bertz CT molecular complexity index is 1320. The van der Waals surface area contributed by atoms with Crippen molar-refractivity contribution in [3.05, 3.63) is 85.8 Å². The summed E-state index contributed by atoms with van der Waals surface area (Å²) in [7, 11) is 0. The van der Waals surface area contributed by atoms with Crippen LogP contribution in [0.1, 0.15) is 12.5 Å². The normalized spacial score (nSPS) is 10.8. The van der Waals surface area contributed by atoms with Crippen LogP contribution < -0.4 is 20.1 Å². The van der Waals surface area contributed by atoms with Crippen LogP contribution in [0.4, 0.5) is 11.4 Å². The number of anilines is 2. The van der Waals surface area contributed by atoms with Crippen molar-refractivity contribution in [2.24, 2.45) is 0 Å². The molecule has 0 fully saturated rings. The minimum Gasteiger partial charge on any atom is -0.494 e. The van der Waals surface area contributed by atoms with Crippen molar-refractivity contribution >= 4 is 72.7 Å². The highest BCUT2D eigenvalue weighted by Gasteiger charge is 2.15. The third-order valence-electron chi connectivity index (χ3n) is 4.60. The molecule has 2 N–H and O–H groups in total. The fraction of sp³-hybridized carbons (Fsp3) is 0.115. The van der Waals surface area contributed by atoms with Crippen LogP contribution in [0, 0.1) is 11.3 Å². The summed E-state index contributed by atoms with van der Waals surface area (Å²) in [5, 5.41) is 15.6. The summed E-state index contributed by atoms with van der Waals surface area (Å²) in [6.45, 7) is 2.11. The van der Waals surface area contributed by atoms with E-state index in [0.717, 1.165) is 0 Å². The van der Waals surface area contributed by atoms with Gasteiger partial charge in [-0.25, -0.2) is 0 Å². The van der Waals surface area contributed by atoms with Crippen LogP contribution in [0.15, 0.2) is 75.2 Å². The number of carbonyl (C=O) groups is 2. The number of nitriles is 1. The van der Waals surface area contributed by atoms with E-state index in [0.29, 0.717) is 49.0 Å². The van der Waals surface area contributed by atoms with Crippen molar-refractivity contribution in [3.8, 4) is 17.6 Å². The Hall–Kier alpha value is -3.32. The Morgan fingerprint density at radius 1 is 1.00 bits per heavy atom. The predicted molar refractivity (Wildman–Crippen MR) is 147 cm³/mol. The lowest BCUT2D eigenvalue weighted by Crippen LogP contribution is -2.20. The number of carbonyl (C=O) groups excluding carboxylic acids is 2. The molecule has 0 radical (unpaired) electrons. The molecule has 10 heteroatoms. The maximum Gasteiger partial charge on any atom is 0.266 e. The Kier molecular flexibility index (Phi) is 9.94. The zero-order chi connectivity index (χ0) is 26.1. The smallest absolute Gasteiger partial charge is 0.266 e. The summed E-state index contributed by atoms with van der Waals surface area (Å²) in [4.78, 5) is 25.1. The molecule has 0 aliphatic heterocycles. The molecule has 0 saturated carbocycles. The second-order valence-corrected chi connectivity index (χ2v) is 9.44. The van der Waals surface area contributed by atoms with Gasteiger partial charge in [0, 0.05) is 26.4 Å². The van der Waals surface area contributed by atoms with Crippen LogP contribution in [0.25, 0.3) is 6.08 Å². The van der Waals surface area contributed by atoms with Gasteiger partial charge in [-0.2, -0.15) is 5.26 Å². The van der Waals surface area contributed by atoms with Crippen LogP contribution in [-0.2, 0) is 9.59 Å². The van der Waals surface area contributed by atoms with Gasteiger partial charge in [-0.05, 0) is 89.6 Å². The quantitative estimate of drug-likeness (QED) is 0.199. The second kappa shape index (κ2) is 13.1. The summed E-state index contributed by atoms with van der Waals surface area (Å²) < 4.78 is 12.4. The van der Waals surface area contributed by atoms with Gasteiger partial charge < -0.3 is 20.1 Å². The lowest BCUT2D eigenvalue weighted by atomic mass is 10.1. The topological polar surface area (TPSA) is 100 Å². The Balaban J connectivity index is 1.76. The van der Waals surface area contributed by atoms with Gasteiger partial charge in [0.25, 0.3) is 11.8 Å². The van der Waals surface area contributed by atoms with Gasteiger partial charge in [0.15, 0.2) is 6.61 Å². The van der Waals surface area contributed by atoms with Crippen LogP contribution in [0.2, 0.25) is 5.02 Å². The molecule has 0 aliphatic rings.